The molecule has 2 heterocycles. The molecule has 0 bridgehead atoms. The van der Waals surface area contributed by atoms with Crippen LogP contribution in [-0.2, 0) is 13.1 Å². The van der Waals surface area contributed by atoms with Gasteiger partial charge in [0.2, 0.25) is 0 Å². The number of aryl methyl sites for hydroxylation is 1. The van der Waals surface area contributed by atoms with Crippen molar-refractivity contribution < 1.29 is 0 Å². The fraction of sp³-hybridized carbons (Fsp3) is 0.550. The molecule has 0 spiro atoms. The number of likely N-dealkylation sites (tertiary alicyclic amines) is 1. The second-order valence-corrected chi connectivity index (χ2v) is 7.68. The summed E-state index contributed by atoms with van der Waals surface area (Å²) in [5, 5.41) is 9.19. The summed E-state index contributed by atoms with van der Waals surface area (Å²) in [7, 11) is 2.21. The van der Waals surface area contributed by atoms with Gasteiger partial charge >= 0.3 is 0 Å². The van der Waals surface area contributed by atoms with Gasteiger partial charge in [0, 0.05) is 22.8 Å². The van der Waals surface area contributed by atoms with Crippen LogP contribution in [0.15, 0.2) is 24.3 Å². The molecule has 1 aromatic carbocycles. The molecule has 1 N–H and O–H groups in total. The molecule has 0 saturated carbocycles. The molecule has 1 aliphatic rings. The van der Waals surface area contributed by atoms with E-state index in [0.29, 0.717) is 0 Å². The fourth-order valence-corrected chi connectivity index (χ4v) is 3.79. The number of aromatic nitrogens is 2. The Balaban J connectivity index is 1.59. The van der Waals surface area contributed by atoms with Crippen molar-refractivity contribution in [3.8, 4) is 0 Å². The Morgan fingerprint density at radius 2 is 1.92 bits per heavy atom. The first kappa shape index (κ1) is 18.4. The molecular weight excluding hydrogens is 332 g/mol. The minimum absolute atomic E-state index is 0.724. The SMILES string of the molecule is Cc1nn(Cc2ccccc2Cl)c(C)c1CNCC1CCN(C)CC1. The van der Waals surface area contributed by atoms with Gasteiger partial charge in [0.1, 0.15) is 0 Å². The van der Waals surface area contributed by atoms with Crippen LogP contribution in [-0.4, -0.2) is 41.4 Å². The second kappa shape index (κ2) is 8.35. The van der Waals surface area contributed by atoms with Crippen molar-refractivity contribution in [3.63, 3.8) is 0 Å². The smallest absolute Gasteiger partial charge is 0.0677 e. The first-order valence-electron chi connectivity index (χ1n) is 9.20. The summed E-state index contributed by atoms with van der Waals surface area (Å²) < 4.78 is 2.07. The van der Waals surface area contributed by atoms with Gasteiger partial charge in [0.25, 0.3) is 0 Å². The fourth-order valence-electron chi connectivity index (χ4n) is 3.60. The lowest BCUT2D eigenvalue weighted by atomic mass is 9.97. The average molecular weight is 361 g/mol. The van der Waals surface area contributed by atoms with Crippen LogP contribution in [0.5, 0.6) is 0 Å². The average Bonchev–Trinajstić information content (AvgIpc) is 2.86. The van der Waals surface area contributed by atoms with Gasteiger partial charge in [0.15, 0.2) is 0 Å². The lowest BCUT2D eigenvalue weighted by molar-refractivity contribution is 0.216. The Morgan fingerprint density at radius 1 is 1.20 bits per heavy atom. The monoisotopic (exact) mass is 360 g/mol. The van der Waals surface area contributed by atoms with Gasteiger partial charge in [-0.3, -0.25) is 4.68 Å². The third-order valence-electron chi connectivity index (χ3n) is 5.38. The molecule has 5 heteroatoms. The number of piperidine rings is 1. The minimum atomic E-state index is 0.724. The van der Waals surface area contributed by atoms with Crippen molar-refractivity contribution in [3.05, 3.63) is 51.8 Å². The Labute approximate surface area is 156 Å². The van der Waals surface area contributed by atoms with E-state index in [1.54, 1.807) is 0 Å². The van der Waals surface area contributed by atoms with E-state index in [9.17, 15) is 0 Å². The zero-order valence-corrected chi connectivity index (χ0v) is 16.3. The zero-order valence-electron chi connectivity index (χ0n) is 15.6. The van der Waals surface area contributed by atoms with E-state index in [1.165, 1.54) is 37.2 Å². The van der Waals surface area contributed by atoms with Crippen LogP contribution >= 0.6 is 11.6 Å². The third-order valence-corrected chi connectivity index (χ3v) is 5.75. The molecule has 25 heavy (non-hydrogen) atoms. The standard InChI is InChI=1S/C20H29ClN4/c1-15-19(13-22-12-17-8-10-24(3)11-9-17)16(2)25(23-15)14-18-6-4-5-7-20(18)21/h4-7,17,22H,8-14H2,1-3H3. The van der Waals surface area contributed by atoms with Crippen LogP contribution in [0.25, 0.3) is 0 Å². The molecule has 0 unspecified atom stereocenters. The van der Waals surface area contributed by atoms with Crippen molar-refractivity contribution in [1.29, 1.82) is 0 Å². The third kappa shape index (κ3) is 4.63. The molecule has 4 nitrogen and oxygen atoms in total. The first-order valence-corrected chi connectivity index (χ1v) is 9.58. The number of nitrogens with zero attached hydrogens (tertiary/aromatic N) is 3. The molecule has 2 aromatic rings. The lowest BCUT2D eigenvalue weighted by Gasteiger charge is -2.29. The molecular formula is C20H29ClN4. The minimum Gasteiger partial charge on any atom is -0.312 e. The first-order chi connectivity index (χ1) is 12.0. The van der Waals surface area contributed by atoms with Gasteiger partial charge in [-0.05, 0) is 70.9 Å². The second-order valence-electron chi connectivity index (χ2n) is 7.28. The molecule has 1 saturated heterocycles. The summed E-state index contributed by atoms with van der Waals surface area (Å²) in [6.07, 6.45) is 2.60. The lowest BCUT2D eigenvalue weighted by Crippen LogP contribution is -2.34. The maximum Gasteiger partial charge on any atom is 0.0677 e. The number of hydrogen-bond donors (Lipinski definition) is 1. The van der Waals surface area contributed by atoms with Crippen LogP contribution in [0, 0.1) is 19.8 Å². The highest BCUT2D eigenvalue weighted by Gasteiger charge is 2.17. The molecule has 1 fully saturated rings. The number of rotatable bonds is 6. The molecule has 0 amide bonds. The van der Waals surface area contributed by atoms with E-state index in [4.69, 9.17) is 16.7 Å². The van der Waals surface area contributed by atoms with Crippen LogP contribution in [0.1, 0.15) is 35.4 Å². The van der Waals surface area contributed by atoms with E-state index in [-0.39, 0.29) is 0 Å². The number of nitrogens with one attached hydrogen (secondary N) is 1. The molecule has 0 radical (unpaired) electrons. The van der Waals surface area contributed by atoms with E-state index >= 15 is 0 Å². The number of benzene rings is 1. The zero-order chi connectivity index (χ0) is 17.8. The summed E-state index contributed by atoms with van der Waals surface area (Å²) in [5.41, 5.74) is 4.77. The summed E-state index contributed by atoms with van der Waals surface area (Å²) in [6, 6.07) is 7.99. The maximum absolute atomic E-state index is 6.30. The van der Waals surface area contributed by atoms with Crippen LogP contribution in [0.2, 0.25) is 5.02 Å². The van der Waals surface area contributed by atoms with Crippen molar-refractivity contribution >= 4 is 11.6 Å². The largest absolute Gasteiger partial charge is 0.312 e. The summed E-state index contributed by atoms with van der Waals surface area (Å²) in [6.45, 7) is 9.42. The van der Waals surface area contributed by atoms with Gasteiger partial charge in [-0.25, -0.2) is 0 Å². The van der Waals surface area contributed by atoms with Crippen LogP contribution < -0.4 is 5.32 Å². The molecule has 1 aliphatic heterocycles. The summed E-state index contributed by atoms with van der Waals surface area (Å²) >= 11 is 6.30. The normalized spacial score (nSPS) is 16.5. The topological polar surface area (TPSA) is 33.1 Å². The Kier molecular flexibility index (Phi) is 6.15. The molecule has 136 valence electrons. The highest BCUT2D eigenvalue weighted by Crippen LogP contribution is 2.20. The van der Waals surface area contributed by atoms with Crippen molar-refractivity contribution in [2.75, 3.05) is 26.7 Å². The molecule has 1 aromatic heterocycles. The van der Waals surface area contributed by atoms with Crippen molar-refractivity contribution in [2.45, 2.75) is 39.8 Å². The molecule has 3 rings (SSSR count). The van der Waals surface area contributed by atoms with Crippen molar-refractivity contribution in [1.82, 2.24) is 20.0 Å². The summed E-state index contributed by atoms with van der Waals surface area (Å²) in [5.74, 6) is 0.801. The van der Waals surface area contributed by atoms with Gasteiger partial charge in [-0.2, -0.15) is 5.10 Å². The van der Waals surface area contributed by atoms with E-state index < -0.39 is 0 Å². The Bertz CT molecular complexity index is 702. The van der Waals surface area contributed by atoms with Gasteiger partial charge in [-0.1, -0.05) is 29.8 Å². The van der Waals surface area contributed by atoms with Crippen LogP contribution in [0.4, 0.5) is 0 Å². The van der Waals surface area contributed by atoms with E-state index in [1.807, 2.05) is 18.2 Å². The van der Waals surface area contributed by atoms with Crippen molar-refractivity contribution in [2.24, 2.45) is 5.92 Å². The number of hydrogen-bond acceptors (Lipinski definition) is 3. The Morgan fingerprint density at radius 3 is 2.64 bits per heavy atom. The van der Waals surface area contributed by atoms with Gasteiger partial charge < -0.3 is 10.2 Å². The predicted octanol–water partition coefficient (Wildman–Crippen LogP) is 3.63. The quantitative estimate of drug-likeness (QED) is 0.853. The maximum atomic E-state index is 6.30. The molecule has 0 atom stereocenters. The summed E-state index contributed by atoms with van der Waals surface area (Å²) in [4.78, 5) is 2.42. The highest BCUT2D eigenvalue weighted by atomic mass is 35.5. The molecule has 0 aliphatic carbocycles. The number of halogens is 1. The van der Waals surface area contributed by atoms with E-state index in [0.717, 1.165) is 41.8 Å². The predicted molar refractivity (Wildman–Crippen MR) is 104 cm³/mol. The Hall–Kier alpha value is -1.36. The van der Waals surface area contributed by atoms with Gasteiger partial charge in [0.05, 0.1) is 12.2 Å². The van der Waals surface area contributed by atoms with E-state index in [2.05, 4.69) is 41.9 Å². The highest BCUT2D eigenvalue weighted by molar-refractivity contribution is 6.31. The van der Waals surface area contributed by atoms with Gasteiger partial charge in [-0.15, -0.1) is 0 Å². The van der Waals surface area contributed by atoms with Crippen LogP contribution in [0.3, 0.4) is 0 Å².